The molecule has 5 heteroatoms. The lowest BCUT2D eigenvalue weighted by molar-refractivity contribution is -0.123. The van der Waals surface area contributed by atoms with Gasteiger partial charge in [0.1, 0.15) is 11.7 Å². The minimum Gasteiger partial charge on any atom is -0.350 e. The number of nitrogens with one attached hydrogen (secondary N) is 2. The molecule has 0 radical (unpaired) electrons. The second-order valence-electron chi connectivity index (χ2n) is 5.93. The second kappa shape index (κ2) is 5.85. The first-order chi connectivity index (χ1) is 11.7. The summed E-state index contributed by atoms with van der Waals surface area (Å²) < 4.78 is 1.92. The number of para-hydroxylation sites is 1. The molecule has 0 saturated carbocycles. The molecule has 3 aromatic rings. The normalized spacial score (nSPS) is 16.5. The van der Waals surface area contributed by atoms with Crippen molar-refractivity contribution in [1.29, 1.82) is 0 Å². The monoisotopic (exact) mass is 319 g/mol. The standard InChI is InChI=1S/C19H17N3O2/c23-18(20-11-13-6-2-1-3-7-13)15-12-22-16-9-5-4-8-14(16)10-17(22)19(24)21-15/h1-10,15H,11-12H2,(H,20,23)(H,21,24)/t15-/m1/s1. The van der Waals surface area contributed by atoms with Gasteiger partial charge in [0.05, 0.1) is 6.54 Å². The van der Waals surface area contributed by atoms with E-state index in [4.69, 9.17) is 0 Å². The quantitative estimate of drug-likeness (QED) is 0.776. The number of hydrogen-bond acceptors (Lipinski definition) is 2. The predicted octanol–water partition coefficient (Wildman–Crippen LogP) is 2.07. The highest BCUT2D eigenvalue weighted by molar-refractivity contribution is 6.02. The molecule has 0 spiro atoms. The van der Waals surface area contributed by atoms with Crippen LogP contribution in [-0.4, -0.2) is 22.4 Å². The summed E-state index contributed by atoms with van der Waals surface area (Å²) in [6.45, 7) is 0.889. The number of carbonyl (C=O) groups is 2. The Labute approximate surface area is 139 Å². The molecule has 0 saturated heterocycles. The van der Waals surface area contributed by atoms with E-state index in [0.717, 1.165) is 16.5 Å². The molecule has 0 bridgehead atoms. The summed E-state index contributed by atoms with van der Waals surface area (Å²) in [6.07, 6.45) is 0. The fourth-order valence-corrected chi connectivity index (χ4v) is 3.11. The fourth-order valence-electron chi connectivity index (χ4n) is 3.11. The molecule has 2 aromatic carbocycles. The smallest absolute Gasteiger partial charge is 0.268 e. The van der Waals surface area contributed by atoms with Crippen LogP contribution in [0.5, 0.6) is 0 Å². The largest absolute Gasteiger partial charge is 0.350 e. The highest BCUT2D eigenvalue weighted by atomic mass is 16.2. The highest BCUT2D eigenvalue weighted by Crippen LogP contribution is 2.22. The van der Waals surface area contributed by atoms with Gasteiger partial charge >= 0.3 is 0 Å². The van der Waals surface area contributed by atoms with Crippen molar-refractivity contribution < 1.29 is 9.59 Å². The van der Waals surface area contributed by atoms with E-state index >= 15 is 0 Å². The summed E-state index contributed by atoms with van der Waals surface area (Å²) in [5.41, 5.74) is 2.60. The molecule has 0 aliphatic carbocycles. The molecular weight excluding hydrogens is 302 g/mol. The van der Waals surface area contributed by atoms with E-state index in [0.29, 0.717) is 18.8 Å². The van der Waals surface area contributed by atoms with Gasteiger partial charge in [-0.25, -0.2) is 0 Å². The van der Waals surface area contributed by atoms with Gasteiger partial charge in [-0.1, -0.05) is 48.5 Å². The summed E-state index contributed by atoms with van der Waals surface area (Å²) in [7, 11) is 0. The van der Waals surface area contributed by atoms with Crippen LogP contribution in [0.2, 0.25) is 0 Å². The Morgan fingerprint density at radius 1 is 1.12 bits per heavy atom. The van der Waals surface area contributed by atoms with Gasteiger partial charge in [0.25, 0.3) is 5.91 Å². The van der Waals surface area contributed by atoms with Crippen molar-refractivity contribution in [1.82, 2.24) is 15.2 Å². The topological polar surface area (TPSA) is 63.1 Å². The second-order valence-corrected chi connectivity index (χ2v) is 5.93. The van der Waals surface area contributed by atoms with Crippen LogP contribution < -0.4 is 10.6 Å². The molecule has 2 N–H and O–H groups in total. The average Bonchev–Trinajstić information content (AvgIpc) is 3.00. The van der Waals surface area contributed by atoms with Crippen LogP contribution in [0, 0.1) is 0 Å². The van der Waals surface area contributed by atoms with Crippen LogP contribution in [-0.2, 0) is 17.9 Å². The summed E-state index contributed by atoms with van der Waals surface area (Å²) in [5, 5.41) is 6.70. The first-order valence-corrected chi connectivity index (χ1v) is 7.93. The van der Waals surface area contributed by atoms with E-state index < -0.39 is 6.04 Å². The van der Waals surface area contributed by atoms with Gasteiger partial charge in [-0.15, -0.1) is 0 Å². The maximum absolute atomic E-state index is 12.4. The number of carbonyl (C=O) groups excluding carboxylic acids is 2. The molecule has 2 amide bonds. The lowest BCUT2D eigenvalue weighted by Crippen LogP contribution is -2.52. The van der Waals surface area contributed by atoms with Crippen LogP contribution in [0.15, 0.2) is 60.7 Å². The van der Waals surface area contributed by atoms with Crippen LogP contribution in [0.4, 0.5) is 0 Å². The SMILES string of the molecule is O=C1N[C@@H](C(=O)NCc2ccccc2)Cn2c1cc1ccccc12. The van der Waals surface area contributed by atoms with Crippen molar-refractivity contribution in [3.05, 3.63) is 71.9 Å². The Morgan fingerprint density at radius 2 is 1.88 bits per heavy atom. The van der Waals surface area contributed by atoms with Crippen molar-refractivity contribution in [3.8, 4) is 0 Å². The van der Waals surface area contributed by atoms with Gasteiger partial charge < -0.3 is 15.2 Å². The van der Waals surface area contributed by atoms with Gasteiger partial charge in [-0.2, -0.15) is 0 Å². The van der Waals surface area contributed by atoms with Gasteiger partial charge in [0.2, 0.25) is 5.91 Å². The van der Waals surface area contributed by atoms with E-state index in [1.807, 2.05) is 65.2 Å². The fraction of sp³-hybridized carbons (Fsp3) is 0.158. The Kier molecular flexibility index (Phi) is 3.54. The zero-order valence-electron chi connectivity index (χ0n) is 13.0. The third kappa shape index (κ3) is 2.54. The number of aromatic nitrogens is 1. The Balaban J connectivity index is 1.53. The van der Waals surface area contributed by atoms with Crippen LogP contribution in [0.3, 0.4) is 0 Å². The summed E-state index contributed by atoms with van der Waals surface area (Å²) in [4.78, 5) is 24.8. The maximum atomic E-state index is 12.4. The number of rotatable bonds is 3. The van der Waals surface area contributed by atoms with E-state index in [9.17, 15) is 9.59 Å². The maximum Gasteiger partial charge on any atom is 0.268 e. The lowest BCUT2D eigenvalue weighted by Gasteiger charge is -2.25. The van der Waals surface area contributed by atoms with Gasteiger partial charge in [0, 0.05) is 17.4 Å². The molecule has 120 valence electrons. The Hall–Kier alpha value is -3.08. The van der Waals surface area contributed by atoms with Gasteiger partial charge in [-0.3, -0.25) is 9.59 Å². The lowest BCUT2D eigenvalue weighted by atomic mass is 10.2. The third-order valence-electron chi connectivity index (χ3n) is 4.34. The van der Waals surface area contributed by atoms with E-state index in [1.165, 1.54) is 0 Å². The highest BCUT2D eigenvalue weighted by Gasteiger charge is 2.30. The molecule has 2 heterocycles. The molecule has 1 aliphatic heterocycles. The zero-order chi connectivity index (χ0) is 16.5. The number of fused-ring (bicyclic) bond motifs is 3. The van der Waals surface area contributed by atoms with Crippen molar-refractivity contribution >= 4 is 22.7 Å². The molecule has 5 nitrogen and oxygen atoms in total. The number of hydrogen-bond donors (Lipinski definition) is 2. The molecular formula is C19H17N3O2. The molecule has 4 rings (SSSR count). The van der Waals surface area contributed by atoms with Crippen LogP contribution in [0.1, 0.15) is 16.1 Å². The Morgan fingerprint density at radius 3 is 2.71 bits per heavy atom. The van der Waals surface area contributed by atoms with Gasteiger partial charge in [-0.05, 0) is 17.7 Å². The van der Waals surface area contributed by atoms with Crippen molar-refractivity contribution in [2.24, 2.45) is 0 Å². The van der Waals surface area contributed by atoms with E-state index in [2.05, 4.69) is 10.6 Å². The van der Waals surface area contributed by atoms with Crippen LogP contribution in [0.25, 0.3) is 10.9 Å². The number of nitrogens with zero attached hydrogens (tertiary/aromatic N) is 1. The molecule has 1 atom stereocenters. The van der Waals surface area contributed by atoms with Crippen molar-refractivity contribution in [2.45, 2.75) is 19.1 Å². The van der Waals surface area contributed by atoms with Crippen molar-refractivity contribution in [3.63, 3.8) is 0 Å². The minimum absolute atomic E-state index is 0.171. The molecule has 1 aliphatic rings. The van der Waals surface area contributed by atoms with E-state index in [1.54, 1.807) is 0 Å². The summed E-state index contributed by atoms with van der Waals surface area (Å²) >= 11 is 0. The Bertz CT molecular complexity index is 915. The van der Waals surface area contributed by atoms with Gasteiger partial charge in [0.15, 0.2) is 0 Å². The molecule has 0 fully saturated rings. The molecule has 1 aromatic heterocycles. The molecule has 24 heavy (non-hydrogen) atoms. The first-order valence-electron chi connectivity index (χ1n) is 7.93. The van der Waals surface area contributed by atoms with Crippen molar-refractivity contribution in [2.75, 3.05) is 0 Å². The summed E-state index contributed by atoms with van der Waals surface area (Å²) in [5.74, 6) is -0.382. The first kappa shape index (κ1) is 14.5. The van der Waals surface area contributed by atoms with E-state index in [-0.39, 0.29) is 11.8 Å². The third-order valence-corrected chi connectivity index (χ3v) is 4.34. The average molecular weight is 319 g/mol. The zero-order valence-corrected chi connectivity index (χ0v) is 13.0. The predicted molar refractivity (Wildman–Crippen MR) is 91.5 cm³/mol. The number of amides is 2. The minimum atomic E-state index is -0.565. The number of benzene rings is 2. The van der Waals surface area contributed by atoms with Crippen LogP contribution >= 0.6 is 0 Å². The molecule has 0 unspecified atom stereocenters. The summed E-state index contributed by atoms with van der Waals surface area (Å²) in [6, 6.07) is 18.8.